The van der Waals surface area contributed by atoms with E-state index in [1.165, 1.54) is 13.0 Å². The highest BCUT2D eigenvalue weighted by molar-refractivity contribution is 6.03. The van der Waals surface area contributed by atoms with Gasteiger partial charge in [-0.1, -0.05) is 12.2 Å². The number of hydrogen-bond acceptors (Lipinski definition) is 4. The van der Waals surface area contributed by atoms with Crippen LogP contribution in [0.4, 0.5) is 5.69 Å². The number of nitrogens with two attached hydrogens (primary N) is 1. The molecule has 0 saturated heterocycles. The summed E-state index contributed by atoms with van der Waals surface area (Å²) in [6.07, 6.45) is 3.62. The number of ketones is 1. The predicted molar refractivity (Wildman–Crippen MR) is 65.9 cm³/mol. The Bertz CT molecular complexity index is 438. The van der Waals surface area contributed by atoms with Gasteiger partial charge in [-0.25, -0.2) is 0 Å². The molecule has 0 aliphatic rings. The maximum Gasteiger partial charge on any atom is 0.290 e. The molecule has 0 atom stereocenters. The van der Waals surface area contributed by atoms with Crippen molar-refractivity contribution in [1.29, 1.82) is 0 Å². The molecule has 0 aromatic heterocycles. The van der Waals surface area contributed by atoms with Gasteiger partial charge in [0.25, 0.3) is 6.47 Å². The van der Waals surface area contributed by atoms with Crippen LogP contribution >= 0.6 is 0 Å². The fourth-order valence-corrected chi connectivity index (χ4v) is 1.32. The Balaban J connectivity index is 0.000000770. The fraction of sp³-hybridized carbons (Fsp3) is 0.167. The minimum atomic E-state index is -0.250. The number of anilines is 1. The third-order valence-electron chi connectivity index (χ3n) is 1.96. The number of hydrogen-bond donors (Lipinski definition) is 3. The van der Waals surface area contributed by atoms with Crippen molar-refractivity contribution in [1.82, 2.24) is 0 Å². The van der Waals surface area contributed by atoms with Gasteiger partial charge in [-0.15, -0.1) is 0 Å². The number of rotatable bonds is 2. The van der Waals surface area contributed by atoms with E-state index in [0.29, 0.717) is 5.69 Å². The van der Waals surface area contributed by atoms with Gasteiger partial charge in [0.2, 0.25) is 0 Å². The molecule has 0 saturated carbocycles. The zero-order valence-corrected chi connectivity index (χ0v) is 9.68. The minimum absolute atomic E-state index is 0.0664. The van der Waals surface area contributed by atoms with Crippen molar-refractivity contribution in [2.75, 3.05) is 5.73 Å². The number of nitrogen functional groups attached to an aromatic ring is 1. The third-order valence-corrected chi connectivity index (χ3v) is 1.96. The summed E-state index contributed by atoms with van der Waals surface area (Å²) in [5.74, 6) is -0.297. The monoisotopic (exact) mass is 237 g/mol. The van der Waals surface area contributed by atoms with Crippen molar-refractivity contribution < 1.29 is 19.8 Å². The van der Waals surface area contributed by atoms with Crippen LogP contribution in [0.2, 0.25) is 0 Å². The van der Waals surface area contributed by atoms with E-state index in [1.807, 2.05) is 13.0 Å². The number of carbonyl (C=O) groups excluding carboxylic acids is 1. The molecule has 1 rings (SSSR count). The summed E-state index contributed by atoms with van der Waals surface area (Å²) in [5.41, 5.74) is 7.01. The van der Waals surface area contributed by atoms with Crippen LogP contribution in [0.1, 0.15) is 29.8 Å². The van der Waals surface area contributed by atoms with E-state index in [1.54, 1.807) is 12.1 Å². The molecule has 0 fully saturated rings. The maximum absolute atomic E-state index is 11.2. The van der Waals surface area contributed by atoms with E-state index >= 15 is 0 Å². The van der Waals surface area contributed by atoms with Crippen LogP contribution in [0.25, 0.3) is 6.08 Å². The first kappa shape index (κ1) is 14.7. The van der Waals surface area contributed by atoms with E-state index in [4.69, 9.17) is 15.6 Å². The van der Waals surface area contributed by atoms with Crippen molar-refractivity contribution in [3.63, 3.8) is 0 Å². The molecule has 5 nitrogen and oxygen atoms in total. The molecule has 1 aromatic carbocycles. The van der Waals surface area contributed by atoms with Gasteiger partial charge in [0.15, 0.2) is 5.78 Å². The van der Waals surface area contributed by atoms with Gasteiger partial charge in [0.1, 0.15) is 5.75 Å². The number of phenolic OH excluding ortho intramolecular Hbond substituents is 1. The zero-order chi connectivity index (χ0) is 13.4. The van der Waals surface area contributed by atoms with Gasteiger partial charge in [-0.05, 0) is 31.5 Å². The average molecular weight is 237 g/mol. The molecule has 4 N–H and O–H groups in total. The van der Waals surface area contributed by atoms with Crippen LogP contribution in [0, 0.1) is 0 Å². The van der Waals surface area contributed by atoms with Crippen LogP contribution in [0.5, 0.6) is 5.75 Å². The van der Waals surface area contributed by atoms with Crippen molar-refractivity contribution in [3.8, 4) is 5.75 Å². The Morgan fingerprint density at radius 2 is 1.94 bits per heavy atom. The standard InChI is InChI=1S/C11H13NO2.CH2O2/c1-3-4-8-5-6-9(14)10(7(2)13)11(8)12;2-1-3/h3-6,14H,12H2,1-2H3;1H,(H,2,3)/b4-3+;. The number of benzene rings is 1. The van der Waals surface area contributed by atoms with Crippen LogP contribution in [0.3, 0.4) is 0 Å². The van der Waals surface area contributed by atoms with Crippen LogP contribution < -0.4 is 5.73 Å². The maximum atomic E-state index is 11.2. The van der Waals surface area contributed by atoms with E-state index in [9.17, 15) is 9.90 Å². The van der Waals surface area contributed by atoms with Gasteiger partial charge in [0.05, 0.1) is 11.3 Å². The van der Waals surface area contributed by atoms with Crippen LogP contribution in [0.15, 0.2) is 18.2 Å². The lowest BCUT2D eigenvalue weighted by Crippen LogP contribution is -2.02. The molecule has 92 valence electrons. The van der Waals surface area contributed by atoms with E-state index in [0.717, 1.165) is 5.56 Å². The number of allylic oxidation sites excluding steroid dienone is 1. The van der Waals surface area contributed by atoms with Crippen LogP contribution in [-0.4, -0.2) is 22.5 Å². The van der Waals surface area contributed by atoms with Crippen molar-refractivity contribution in [2.24, 2.45) is 0 Å². The average Bonchev–Trinajstić information content (AvgIpc) is 2.23. The normalized spacial score (nSPS) is 9.53. The molecule has 0 radical (unpaired) electrons. The summed E-state index contributed by atoms with van der Waals surface area (Å²) < 4.78 is 0. The van der Waals surface area contributed by atoms with Crippen molar-refractivity contribution in [2.45, 2.75) is 13.8 Å². The van der Waals surface area contributed by atoms with Gasteiger partial charge in [-0.3, -0.25) is 9.59 Å². The Labute approximate surface area is 99.2 Å². The molecular weight excluding hydrogens is 222 g/mol. The Morgan fingerprint density at radius 3 is 2.35 bits per heavy atom. The number of phenols is 1. The lowest BCUT2D eigenvalue weighted by molar-refractivity contribution is -0.122. The second kappa shape index (κ2) is 7.05. The summed E-state index contributed by atoms with van der Waals surface area (Å²) in [6.45, 7) is 2.99. The molecule has 0 aliphatic heterocycles. The Hall–Kier alpha value is -2.30. The zero-order valence-electron chi connectivity index (χ0n) is 9.68. The summed E-state index contributed by atoms with van der Waals surface area (Å²) in [5, 5.41) is 16.3. The summed E-state index contributed by atoms with van der Waals surface area (Å²) >= 11 is 0. The number of Topliss-reactive ketones (excluding diaryl/α,β-unsaturated/α-hetero) is 1. The lowest BCUT2D eigenvalue weighted by atomic mass is 10.0. The lowest BCUT2D eigenvalue weighted by Gasteiger charge is -2.07. The molecule has 0 bridgehead atoms. The number of aromatic hydroxyl groups is 1. The molecule has 0 aliphatic carbocycles. The molecule has 0 heterocycles. The number of carboxylic acid groups (broad SMARTS) is 1. The summed E-state index contributed by atoms with van der Waals surface area (Å²) in [7, 11) is 0. The second-order valence-electron chi connectivity index (χ2n) is 3.12. The highest BCUT2D eigenvalue weighted by atomic mass is 16.3. The quantitative estimate of drug-likeness (QED) is 0.414. The molecule has 5 heteroatoms. The van der Waals surface area contributed by atoms with Gasteiger partial charge in [-0.2, -0.15) is 0 Å². The topological polar surface area (TPSA) is 101 Å². The third kappa shape index (κ3) is 3.98. The molecule has 0 amide bonds. The second-order valence-corrected chi connectivity index (χ2v) is 3.12. The largest absolute Gasteiger partial charge is 0.507 e. The van der Waals surface area contributed by atoms with E-state index in [-0.39, 0.29) is 23.6 Å². The fourth-order valence-electron chi connectivity index (χ4n) is 1.32. The summed E-state index contributed by atoms with van der Waals surface area (Å²) in [6, 6.07) is 3.15. The molecule has 0 unspecified atom stereocenters. The Kier molecular flexibility index (Phi) is 6.10. The summed E-state index contributed by atoms with van der Waals surface area (Å²) in [4.78, 5) is 19.5. The number of carbonyl (C=O) groups is 2. The van der Waals surface area contributed by atoms with Gasteiger partial charge >= 0.3 is 0 Å². The van der Waals surface area contributed by atoms with Crippen molar-refractivity contribution in [3.05, 3.63) is 29.3 Å². The highest BCUT2D eigenvalue weighted by Crippen LogP contribution is 2.28. The predicted octanol–water partition coefficient (Wildman–Crippen LogP) is 1.91. The molecular formula is C12H15NO4. The van der Waals surface area contributed by atoms with Crippen LogP contribution in [-0.2, 0) is 4.79 Å². The minimum Gasteiger partial charge on any atom is -0.507 e. The van der Waals surface area contributed by atoms with E-state index in [2.05, 4.69) is 0 Å². The SMILES string of the molecule is C/C=C/c1ccc(O)c(C(C)=O)c1N.O=CO. The molecule has 0 spiro atoms. The first-order valence-electron chi connectivity index (χ1n) is 4.82. The highest BCUT2D eigenvalue weighted by Gasteiger charge is 2.12. The van der Waals surface area contributed by atoms with Gasteiger partial charge in [0, 0.05) is 0 Å². The first-order chi connectivity index (χ1) is 7.99. The van der Waals surface area contributed by atoms with Crippen molar-refractivity contribution >= 4 is 24.0 Å². The smallest absolute Gasteiger partial charge is 0.290 e. The van der Waals surface area contributed by atoms with E-state index < -0.39 is 0 Å². The Morgan fingerprint density at radius 1 is 1.41 bits per heavy atom. The molecule has 17 heavy (non-hydrogen) atoms. The van der Waals surface area contributed by atoms with Gasteiger partial charge < -0.3 is 15.9 Å². The molecule has 1 aromatic rings. The first-order valence-corrected chi connectivity index (χ1v) is 4.82.